The molecule has 0 aliphatic carbocycles. The zero-order chi connectivity index (χ0) is 94.7. The first-order chi connectivity index (χ1) is 66.4. The molecule has 137 heavy (non-hydrogen) atoms. The van der Waals surface area contributed by atoms with E-state index < -0.39 is 11.7 Å². The summed E-state index contributed by atoms with van der Waals surface area (Å²) in [6.45, 7) is 29.9. The predicted octanol–water partition coefficient (Wildman–Crippen LogP) is 32.1. The molecule has 24 rings (SSSR count). The van der Waals surface area contributed by atoms with Crippen molar-refractivity contribution in [1.82, 2.24) is 0 Å². The lowest BCUT2D eigenvalue weighted by molar-refractivity contribution is -0.137. The van der Waals surface area contributed by atoms with E-state index >= 15 is 0 Å². The topological polar surface area (TPSA) is 128 Å². The number of ether oxygens (including phenoxy) is 6. The Hall–Kier alpha value is -9.57. The third-order valence-electron chi connectivity index (χ3n) is 30.7. The summed E-state index contributed by atoms with van der Waals surface area (Å²) in [5.74, 6) is 2.78. The van der Waals surface area contributed by atoms with Crippen LogP contribution < -0.4 is 31.9 Å². The van der Waals surface area contributed by atoms with Gasteiger partial charge < -0.3 is 60.3 Å². The maximum atomic E-state index is 13.1. The first-order valence-corrected chi connectivity index (χ1v) is 53.5. The molecule has 12 nitrogen and oxygen atoms in total. The highest BCUT2D eigenvalue weighted by Gasteiger charge is 2.48. The Balaban J connectivity index is 0.000000105. The summed E-state index contributed by atoms with van der Waals surface area (Å²) in [6, 6.07) is 82.8. The molecule has 6 N–H and O–H groups in total. The molecule has 6 saturated heterocycles. The van der Waals surface area contributed by atoms with Crippen LogP contribution in [0, 0.1) is 35.5 Å². The van der Waals surface area contributed by atoms with Crippen molar-refractivity contribution in [2.24, 2.45) is 35.5 Å². The molecule has 15 heterocycles. The molecular weight excluding hydrogens is 1760 g/mol. The van der Waals surface area contributed by atoms with Gasteiger partial charge in [0.2, 0.25) is 0 Å². The number of benzene rings is 9. The molecule has 9 aromatic carbocycles. The van der Waals surface area contributed by atoms with Crippen molar-refractivity contribution in [3.63, 3.8) is 0 Å². The van der Waals surface area contributed by atoms with Crippen molar-refractivity contribution in [1.29, 1.82) is 0 Å². The molecule has 720 valence electrons. The summed E-state index contributed by atoms with van der Waals surface area (Å²) in [4.78, 5) is 2.85. The third-order valence-corrected chi connectivity index (χ3v) is 33.4. The average molecular weight is 1900 g/mol. The second-order valence-electron chi connectivity index (χ2n) is 42.6. The number of fused-ring (bicyclic) bond motifs is 18. The van der Waals surface area contributed by atoms with Gasteiger partial charge in [-0.3, -0.25) is 0 Å². The van der Waals surface area contributed by atoms with E-state index in [1.165, 1.54) is 168 Å². The lowest BCUT2D eigenvalue weighted by atomic mass is 9.76. The van der Waals surface area contributed by atoms with Crippen molar-refractivity contribution in [2.45, 2.75) is 261 Å². The number of hydrogen-bond donors (Lipinski definition) is 6. The molecule has 0 radical (unpaired) electrons. The van der Waals surface area contributed by atoms with Gasteiger partial charge in [0.1, 0.15) is 0 Å². The van der Waals surface area contributed by atoms with Crippen LogP contribution in [0.5, 0.6) is 0 Å². The van der Waals surface area contributed by atoms with E-state index in [-0.39, 0.29) is 64.8 Å². The van der Waals surface area contributed by atoms with E-state index in [2.05, 4.69) is 324 Å². The predicted molar refractivity (Wildman–Crippen MR) is 557 cm³/mol. The van der Waals surface area contributed by atoms with Crippen LogP contribution in [0.25, 0.3) is 0 Å². The summed E-state index contributed by atoms with van der Waals surface area (Å²) >= 11 is 5.48. The largest absolute Gasteiger partial charge is 0.416 e. The van der Waals surface area contributed by atoms with Gasteiger partial charge in [0.05, 0.1) is 78.4 Å². The number of alkyl halides is 3. The molecule has 12 aromatic rings. The first-order valence-electron chi connectivity index (χ1n) is 50.8. The standard InChI is InChI=1S/3C20H25NOS.2C20H23NO.C19H18F3NO/c2*1-20(2,3)13-8-9-16-15(12-13)19-14(6-4-10-22-19)18(21-16)17-7-5-11-23-17;1-20(2,3)14-6-7-17-16(11-14)19-15(5-4-9-22-19)18(21-17)13-8-10-23-12-13;2*1-2-14-10-11-18-17(13-14)20-16(9-6-12-22-20)19(21-18)15-7-4-3-5-8-15;20-19(21,22)13-8-9-16-15(11-13)18-14(7-4-10-24-18)17(23-16)12-5-2-1-3-6-12/h2*5,7-9,11-12,14,18-19,21H,4,6,10H2,1-3H3;6-8,10-12,15,18-19,21H,4-5,9H2,1-3H3;2*3-5,7-8,10-11,13,16,19-21H,2,6,9,12H2,1H3;1-3,5-6,8-9,11,14,17-18,23H,4,7,10H2/t14-,18+,19-;;15-,18-,19-;16-,19-,20-;;14-,17-,18-/m0.00.0/s1. The summed E-state index contributed by atoms with van der Waals surface area (Å²) in [6.07, 6.45) is 12.5. The Morgan fingerprint density at radius 3 is 0.803 bits per heavy atom. The van der Waals surface area contributed by atoms with Crippen molar-refractivity contribution >= 4 is 68.1 Å². The summed E-state index contributed by atoms with van der Waals surface area (Å²) in [5, 5.41) is 31.2. The normalized spacial score (nSPS) is 26.8. The Kier molecular flexibility index (Phi) is 29.6. The van der Waals surface area contributed by atoms with Crippen LogP contribution >= 0.6 is 34.0 Å². The third kappa shape index (κ3) is 21.3. The number of rotatable bonds is 8. The fourth-order valence-corrected chi connectivity index (χ4v) is 25.8. The lowest BCUT2D eigenvalue weighted by Crippen LogP contribution is -2.36. The van der Waals surface area contributed by atoms with E-state index in [4.69, 9.17) is 28.4 Å². The van der Waals surface area contributed by atoms with Crippen molar-refractivity contribution in [3.05, 3.63) is 351 Å². The quantitative estimate of drug-likeness (QED) is 0.0867. The molecule has 18 heteroatoms. The second kappa shape index (κ2) is 42.1. The highest BCUT2D eigenvalue weighted by atomic mass is 32.1. The molecule has 12 aliphatic heterocycles. The number of thiophene rings is 3. The van der Waals surface area contributed by atoms with Gasteiger partial charge in [0, 0.05) is 152 Å². The molecule has 3 aromatic heterocycles. The minimum absolute atomic E-state index is 0.0562. The van der Waals surface area contributed by atoms with Gasteiger partial charge in [-0.1, -0.05) is 240 Å². The highest BCUT2D eigenvalue weighted by molar-refractivity contribution is 7.10. The minimum atomic E-state index is -4.34. The fourth-order valence-electron chi connectivity index (χ4n) is 23.4. The minimum Gasteiger partial charge on any atom is -0.378 e. The molecule has 18 atom stereocenters. The maximum absolute atomic E-state index is 13.1. The Labute approximate surface area is 823 Å². The Morgan fingerprint density at radius 1 is 0.277 bits per heavy atom. The maximum Gasteiger partial charge on any atom is 0.416 e. The van der Waals surface area contributed by atoms with Crippen LogP contribution in [-0.2, 0) is 63.7 Å². The van der Waals surface area contributed by atoms with E-state index in [1.807, 2.05) is 40.9 Å². The monoisotopic (exact) mass is 1900 g/mol. The van der Waals surface area contributed by atoms with Gasteiger partial charge in [-0.05, 0) is 244 Å². The van der Waals surface area contributed by atoms with Crippen LogP contribution in [0.3, 0.4) is 0 Å². The number of hydrogen-bond acceptors (Lipinski definition) is 15. The Bertz CT molecular complexity index is 5570. The molecule has 6 unspecified atom stereocenters. The molecule has 6 fully saturated rings. The second-order valence-corrected chi connectivity index (χ2v) is 45.4. The van der Waals surface area contributed by atoms with E-state index in [9.17, 15) is 13.2 Å². The first kappa shape index (κ1) is 96.3. The molecular formula is C119H139F3N6O6S3. The van der Waals surface area contributed by atoms with Gasteiger partial charge in [-0.15, -0.1) is 22.7 Å². The number of anilines is 6. The van der Waals surface area contributed by atoms with Gasteiger partial charge in [-0.2, -0.15) is 24.5 Å². The van der Waals surface area contributed by atoms with E-state index in [1.54, 1.807) is 11.3 Å². The van der Waals surface area contributed by atoms with Crippen molar-refractivity contribution < 1.29 is 41.6 Å². The van der Waals surface area contributed by atoms with E-state index in [0.717, 1.165) is 95.3 Å². The summed E-state index contributed by atoms with van der Waals surface area (Å²) in [7, 11) is 0. The molecule has 12 aliphatic rings. The van der Waals surface area contributed by atoms with Crippen molar-refractivity contribution in [3.8, 4) is 0 Å². The Morgan fingerprint density at radius 2 is 0.540 bits per heavy atom. The molecule has 0 saturated carbocycles. The highest BCUT2D eigenvalue weighted by Crippen LogP contribution is 2.58. The van der Waals surface area contributed by atoms with E-state index in [0.29, 0.717) is 72.0 Å². The van der Waals surface area contributed by atoms with Gasteiger partial charge >= 0.3 is 6.18 Å². The van der Waals surface area contributed by atoms with Crippen LogP contribution in [0.2, 0.25) is 0 Å². The summed E-state index contributed by atoms with van der Waals surface area (Å²) < 4.78 is 76.4. The fraction of sp³-hybridized carbons (Fsp3) is 0.445. The summed E-state index contributed by atoms with van der Waals surface area (Å²) in [5.41, 5.74) is 26.5. The molecule has 0 bridgehead atoms. The molecule has 0 amide bonds. The van der Waals surface area contributed by atoms with Gasteiger partial charge in [0.15, 0.2) is 0 Å². The average Bonchev–Trinajstić information content (AvgIpc) is 1.72. The lowest BCUT2D eigenvalue weighted by Gasteiger charge is -2.43. The molecule has 0 spiro atoms. The van der Waals surface area contributed by atoms with Crippen LogP contribution in [0.4, 0.5) is 47.3 Å². The SMILES string of the molecule is CC(C)(C)c1ccc2c(c1)C1OCCCC1C(c1cccs1)N2.CC(C)(C)c1ccc2c(c1)[C@H]1OCCC[C@H]1[C@H](c1cccs1)N2.CC(C)(C)c1ccc2c(c1)[C@H]1OCCC[C@H]1[C@H](c1ccsc1)N2.CCc1ccc2c(c1)C1OCCCC1C(c1ccccc1)N2.CCc1ccc2c(c1)[C@H]1OCCC[C@H]1[C@H](c1ccccc1)N2.FC(F)(F)c1ccc2c(c1)[C@H]1OCCC[C@H]1[C@H](c1ccccc1)N2. The number of aryl methyl sites for hydroxylation is 2. The zero-order valence-corrected chi connectivity index (χ0v) is 84.0. The number of nitrogens with one attached hydrogen (secondary N) is 6. The van der Waals surface area contributed by atoms with Crippen LogP contribution in [-0.4, -0.2) is 39.6 Å². The number of halogens is 3. The van der Waals surface area contributed by atoms with Gasteiger partial charge in [-0.25, -0.2) is 0 Å². The smallest absolute Gasteiger partial charge is 0.378 e. The van der Waals surface area contributed by atoms with Crippen LogP contribution in [0.15, 0.2) is 252 Å². The van der Waals surface area contributed by atoms with Gasteiger partial charge in [0.25, 0.3) is 0 Å². The van der Waals surface area contributed by atoms with Crippen molar-refractivity contribution in [2.75, 3.05) is 71.5 Å². The van der Waals surface area contributed by atoms with Crippen LogP contribution in [0.1, 0.15) is 325 Å². The zero-order valence-electron chi connectivity index (χ0n) is 81.6.